The van der Waals surface area contributed by atoms with Crippen LogP contribution in [-0.2, 0) is 23.9 Å². The van der Waals surface area contributed by atoms with Crippen molar-refractivity contribution in [3.05, 3.63) is 11.6 Å². The Morgan fingerprint density at radius 2 is 1.65 bits per heavy atom. The number of ketones is 1. The fourth-order valence-corrected chi connectivity index (χ4v) is 11.0. The molecular weight excluding hydrogens is 500 g/mol. The van der Waals surface area contributed by atoms with E-state index in [0.717, 1.165) is 51.4 Å². The van der Waals surface area contributed by atoms with Crippen LogP contribution >= 0.6 is 0 Å². The molecule has 0 aromatic rings. The summed E-state index contributed by atoms with van der Waals surface area (Å²) in [4.78, 5) is 39.6. The molecule has 0 radical (unpaired) electrons. The molecule has 0 saturated heterocycles. The SMILES string of the molecule is C#CCOC(=O)[C@@]1(C)CC[C@]2(C)CC[C@@]3(C)C(=CC(=O)[C@@H]4[C@@]5(C)CC[C@H](OC(C)=O)C(C)(C)[C@H]5CC[C@]43C)[C@H]2C1. The van der Waals surface area contributed by atoms with Gasteiger partial charge in [0, 0.05) is 18.3 Å². The molecule has 220 valence electrons. The minimum Gasteiger partial charge on any atom is -0.462 e. The molecular formula is C35H50O5. The first kappa shape index (κ1) is 29.4. The Labute approximate surface area is 241 Å². The van der Waals surface area contributed by atoms with Gasteiger partial charge in [-0.3, -0.25) is 14.4 Å². The van der Waals surface area contributed by atoms with Crippen molar-refractivity contribution in [3.63, 3.8) is 0 Å². The van der Waals surface area contributed by atoms with Crippen molar-refractivity contribution < 1.29 is 23.9 Å². The first-order valence-electron chi connectivity index (χ1n) is 15.5. The van der Waals surface area contributed by atoms with Gasteiger partial charge < -0.3 is 9.47 Å². The van der Waals surface area contributed by atoms with E-state index in [4.69, 9.17) is 15.9 Å². The van der Waals surface area contributed by atoms with E-state index >= 15 is 0 Å². The second kappa shape index (κ2) is 9.20. The first-order chi connectivity index (χ1) is 18.5. The summed E-state index contributed by atoms with van der Waals surface area (Å²) in [7, 11) is 0. The highest BCUT2D eigenvalue weighted by Gasteiger charge is 2.70. The van der Waals surface area contributed by atoms with E-state index in [1.807, 2.05) is 13.0 Å². The maximum absolute atomic E-state index is 14.5. The Morgan fingerprint density at radius 1 is 0.975 bits per heavy atom. The molecule has 0 unspecified atom stereocenters. The second-order valence-corrected chi connectivity index (χ2v) is 16.0. The van der Waals surface area contributed by atoms with Crippen LogP contribution in [0, 0.1) is 62.6 Å². The van der Waals surface area contributed by atoms with Gasteiger partial charge in [0.25, 0.3) is 0 Å². The third kappa shape index (κ3) is 3.90. The summed E-state index contributed by atoms with van der Waals surface area (Å²) in [5.74, 6) is 2.70. The number of hydrogen-bond acceptors (Lipinski definition) is 5. The van der Waals surface area contributed by atoms with Gasteiger partial charge in [0.15, 0.2) is 12.4 Å². The molecule has 5 nitrogen and oxygen atoms in total. The molecule has 0 amide bonds. The number of terminal acetylenes is 1. The summed E-state index contributed by atoms with van der Waals surface area (Å²) in [6.07, 6.45) is 15.7. The molecule has 5 aliphatic rings. The molecule has 0 aromatic carbocycles. The highest BCUT2D eigenvalue weighted by atomic mass is 16.5. The quantitative estimate of drug-likeness (QED) is 0.278. The van der Waals surface area contributed by atoms with Gasteiger partial charge in [-0.2, -0.15) is 0 Å². The fraction of sp³-hybridized carbons (Fsp3) is 0.800. The van der Waals surface area contributed by atoms with E-state index in [1.54, 1.807) is 0 Å². The van der Waals surface area contributed by atoms with Gasteiger partial charge in [0.2, 0.25) is 0 Å². The van der Waals surface area contributed by atoms with Crippen molar-refractivity contribution in [1.29, 1.82) is 0 Å². The van der Waals surface area contributed by atoms with Crippen LogP contribution in [0.4, 0.5) is 0 Å². The van der Waals surface area contributed by atoms with E-state index in [2.05, 4.69) is 47.5 Å². The van der Waals surface area contributed by atoms with Gasteiger partial charge >= 0.3 is 11.9 Å². The number of rotatable bonds is 3. The number of carbonyl (C=O) groups excluding carboxylic acids is 3. The zero-order valence-electron chi connectivity index (χ0n) is 26.1. The molecule has 0 aliphatic heterocycles. The molecule has 40 heavy (non-hydrogen) atoms. The summed E-state index contributed by atoms with van der Waals surface area (Å²) >= 11 is 0. The average Bonchev–Trinajstić information content (AvgIpc) is 2.86. The third-order valence-corrected chi connectivity index (χ3v) is 13.6. The van der Waals surface area contributed by atoms with E-state index in [-0.39, 0.29) is 69.3 Å². The maximum Gasteiger partial charge on any atom is 0.312 e. The van der Waals surface area contributed by atoms with Crippen molar-refractivity contribution in [2.75, 3.05) is 6.61 Å². The average molecular weight is 551 g/mol. The molecule has 0 heterocycles. The molecule has 0 N–H and O–H groups in total. The Bertz CT molecular complexity index is 1190. The molecule has 0 aromatic heterocycles. The summed E-state index contributed by atoms with van der Waals surface area (Å²) in [6.45, 7) is 17.6. The van der Waals surface area contributed by atoms with E-state index in [0.29, 0.717) is 12.3 Å². The lowest BCUT2D eigenvalue weighted by atomic mass is 9.33. The van der Waals surface area contributed by atoms with Gasteiger partial charge in [0.05, 0.1) is 5.41 Å². The van der Waals surface area contributed by atoms with Crippen LogP contribution in [0.15, 0.2) is 11.6 Å². The van der Waals surface area contributed by atoms with Crippen LogP contribution in [0.25, 0.3) is 0 Å². The van der Waals surface area contributed by atoms with Gasteiger partial charge in [-0.05, 0) is 104 Å². The standard InChI is InChI=1S/C35H50O5/c1-10-19-39-29(38)32(6)16-15-31(5)17-18-34(8)23(24(31)21-32)20-25(37)28-33(7)13-12-27(40-22(2)36)30(3,4)26(33)11-14-35(28,34)9/h1,20,24,26-28H,11-19,21H2,2-9H3/t24-,26-,27+,28-,31-,32+,33+,34+,35-/m1/s1. The van der Waals surface area contributed by atoms with Crippen molar-refractivity contribution in [2.24, 2.45) is 50.2 Å². The third-order valence-electron chi connectivity index (χ3n) is 13.6. The van der Waals surface area contributed by atoms with Crippen LogP contribution in [-0.4, -0.2) is 30.4 Å². The first-order valence-corrected chi connectivity index (χ1v) is 15.5. The Balaban J connectivity index is 1.54. The van der Waals surface area contributed by atoms with Crippen LogP contribution in [0.5, 0.6) is 0 Å². The van der Waals surface area contributed by atoms with Gasteiger partial charge in [0.1, 0.15) is 6.10 Å². The molecule has 0 spiro atoms. The number of carbonyl (C=O) groups is 3. The number of allylic oxidation sites excluding steroid dienone is 2. The number of fused-ring (bicyclic) bond motifs is 7. The monoisotopic (exact) mass is 550 g/mol. The van der Waals surface area contributed by atoms with E-state index in [1.165, 1.54) is 12.5 Å². The van der Waals surface area contributed by atoms with Gasteiger partial charge in [-0.15, -0.1) is 6.42 Å². The maximum atomic E-state index is 14.5. The lowest BCUT2D eigenvalue weighted by Gasteiger charge is -2.70. The van der Waals surface area contributed by atoms with Crippen molar-refractivity contribution in [2.45, 2.75) is 119 Å². The van der Waals surface area contributed by atoms with Crippen LogP contribution in [0.2, 0.25) is 0 Å². The van der Waals surface area contributed by atoms with Crippen LogP contribution in [0.1, 0.15) is 113 Å². The number of hydrogen-bond donors (Lipinski definition) is 0. The summed E-state index contributed by atoms with van der Waals surface area (Å²) in [5, 5.41) is 0. The largest absolute Gasteiger partial charge is 0.462 e. The predicted octanol–water partition coefficient (Wildman–Crippen LogP) is 7.08. The molecule has 0 bridgehead atoms. The van der Waals surface area contributed by atoms with Crippen LogP contribution < -0.4 is 0 Å². The fourth-order valence-electron chi connectivity index (χ4n) is 11.0. The van der Waals surface area contributed by atoms with Crippen molar-refractivity contribution in [1.82, 2.24) is 0 Å². The highest BCUT2D eigenvalue weighted by molar-refractivity contribution is 5.95. The predicted molar refractivity (Wildman–Crippen MR) is 155 cm³/mol. The normalized spacial score (nSPS) is 47.3. The zero-order valence-corrected chi connectivity index (χ0v) is 26.1. The molecule has 5 rings (SSSR count). The molecule has 4 saturated carbocycles. The molecule has 5 heteroatoms. The lowest BCUT2D eigenvalue weighted by Crippen LogP contribution is -2.66. The molecule has 4 fully saturated rings. The minimum absolute atomic E-state index is 0.00339. The highest BCUT2D eigenvalue weighted by Crippen LogP contribution is 2.75. The van der Waals surface area contributed by atoms with Crippen molar-refractivity contribution >= 4 is 17.7 Å². The summed E-state index contributed by atoms with van der Waals surface area (Å²) in [5.41, 5.74) is 0.145. The van der Waals surface area contributed by atoms with Gasteiger partial charge in [-0.25, -0.2) is 0 Å². The zero-order chi connectivity index (χ0) is 29.5. The lowest BCUT2D eigenvalue weighted by molar-refractivity contribution is -0.210. The number of esters is 2. The van der Waals surface area contributed by atoms with Crippen LogP contribution in [0.3, 0.4) is 0 Å². The Hall–Kier alpha value is -2.09. The topological polar surface area (TPSA) is 69.7 Å². The Kier molecular flexibility index (Phi) is 6.77. The summed E-state index contributed by atoms with van der Waals surface area (Å²) < 4.78 is 11.3. The van der Waals surface area contributed by atoms with E-state index in [9.17, 15) is 14.4 Å². The van der Waals surface area contributed by atoms with Crippen molar-refractivity contribution in [3.8, 4) is 12.3 Å². The molecule has 5 aliphatic carbocycles. The van der Waals surface area contributed by atoms with E-state index < -0.39 is 5.41 Å². The minimum atomic E-state index is -0.594. The molecule has 9 atom stereocenters. The Morgan fingerprint density at radius 3 is 2.30 bits per heavy atom. The summed E-state index contributed by atoms with van der Waals surface area (Å²) in [6, 6.07) is 0. The number of ether oxygens (including phenoxy) is 2. The second-order valence-electron chi connectivity index (χ2n) is 16.0. The smallest absolute Gasteiger partial charge is 0.312 e. The van der Waals surface area contributed by atoms with Gasteiger partial charge in [-0.1, -0.05) is 53.0 Å².